The molecule has 0 bridgehead atoms. The summed E-state index contributed by atoms with van der Waals surface area (Å²) >= 11 is 0. The van der Waals surface area contributed by atoms with E-state index in [2.05, 4.69) is 6.92 Å². The van der Waals surface area contributed by atoms with Crippen molar-refractivity contribution in [2.75, 3.05) is 0 Å². The molecule has 1 aromatic carbocycles. The molecule has 0 N–H and O–H groups in total. The van der Waals surface area contributed by atoms with Gasteiger partial charge in [0.1, 0.15) is 5.82 Å². The Morgan fingerprint density at radius 1 is 1.14 bits per heavy atom. The molecule has 1 saturated carbocycles. The van der Waals surface area contributed by atoms with Gasteiger partial charge in [0.25, 0.3) is 0 Å². The Balaban J connectivity index is 2.10. The Morgan fingerprint density at radius 2 is 1.86 bits per heavy atom. The molecule has 76 valence electrons. The first-order valence-electron chi connectivity index (χ1n) is 5.51. The van der Waals surface area contributed by atoms with E-state index >= 15 is 0 Å². The Labute approximate surface area is 85.1 Å². The van der Waals surface area contributed by atoms with Crippen molar-refractivity contribution in [3.63, 3.8) is 0 Å². The Bertz CT molecular complexity index is 289. The molecular weight excluding hydrogens is 175 g/mol. The van der Waals surface area contributed by atoms with E-state index in [1.54, 1.807) is 12.1 Å². The molecule has 0 radical (unpaired) electrons. The maximum Gasteiger partial charge on any atom is 0.123 e. The first kappa shape index (κ1) is 9.70. The van der Waals surface area contributed by atoms with E-state index in [9.17, 15) is 4.39 Å². The summed E-state index contributed by atoms with van der Waals surface area (Å²) in [5, 5.41) is 0. The zero-order valence-corrected chi connectivity index (χ0v) is 8.67. The Morgan fingerprint density at radius 3 is 2.50 bits per heavy atom. The van der Waals surface area contributed by atoms with Crippen LogP contribution in [0.3, 0.4) is 0 Å². The van der Waals surface area contributed by atoms with Gasteiger partial charge < -0.3 is 0 Å². The molecule has 1 aromatic rings. The number of benzene rings is 1. The average molecular weight is 192 g/mol. The van der Waals surface area contributed by atoms with Crippen LogP contribution in [0, 0.1) is 11.7 Å². The first-order chi connectivity index (χ1) is 6.75. The van der Waals surface area contributed by atoms with Crippen molar-refractivity contribution in [3.05, 3.63) is 35.6 Å². The molecule has 1 heteroatoms. The monoisotopic (exact) mass is 192 g/mol. The molecule has 1 aliphatic rings. The fraction of sp³-hybridized carbons (Fsp3) is 0.538. The van der Waals surface area contributed by atoms with Gasteiger partial charge in [-0.1, -0.05) is 31.9 Å². The lowest BCUT2D eigenvalue weighted by molar-refractivity contribution is 0.344. The molecule has 0 saturated heterocycles. The molecule has 2 atom stereocenters. The van der Waals surface area contributed by atoms with E-state index in [0.29, 0.717) is 5.92 Å². The molecular formula is C13H17F. The largest absolute Gasteiger partial charge is 0.207 e. The van der Waals surface area contributed by atoms with Gasteiger partial charge in [0.05, 0.1) is 0 Å². The zero-order valence-electron chi connectivity index (χ0n) is 8.67. The lowest BCUT2D eigenvalue weighted by Gasteiger charge is -2.26. The zero-order chi connectivity index (χ0) is 9.97. The van der Waals surface area contributed by atoms with Gasteiger partial charge in [-0.15, -0.1) is 0 Å². The van der Waals surface area contributed by atoms with Gasteiger partial charge in [0, 0.05) is 0 Å². The Hall–Kier alpha value is -0.850. The highest BCUT2D eigenvalue weighted by Gasteiger charge is 2.19. The lowest BCUT2D eigenvalue weighted by atomic mass is 9.79. The summed E-state index contributed by atoms with van der Waals surface area (Å²) in [5.74, 6) is 1.37. The van der Waals surface area contributed by atoms with E-state index < -0.39 is 0 Å². The van der Waals surface area contributed by atoms with Crippen LogP contribution in [0.2, 0.25) is 0 Å². The van der Waals surface area contributed by atoms with Crippen LogP contribution in [0.15, 0.2) is 24.3 Å². The van der Waals surface area contributed by atoms with Gasteiger partial charge in [-0.25, -0.2) is 4.39 Å². The molecule has 0 aliphatic heterocycles. The van der Waals surface area contributed by atoms with Gasteiger partial charge >= 0.3 is 0 Å². The van der Waals surface area contributed by atoms with Crippen LogP contribution in [0.4, 0.5) is 4.39 Å². The van der Waals surface area contributed by atoms with Crippen molar-refractivity contribution >= 4 is 0 Å². The van der Waals surface area contributed by atoms with Crippen LogP contribution in [-0.2, 0) is 0 Å². The quantitative estimate of drug-likeness (QED) is 0.628. The maximum absolute atomic E-state index is 12.7. The molecule has 1 aliphatic carbocycles. The van der Waals surface area contributed by atoms with Crippen LogP contribution in [0.5, 0.6) is 0 Å². The summed E-state index contributed by atoms with van der Waals surface area (Å²) in [4.78, 5) is 0. The predicted molar refractivity (Wildman–Crippen MR) is 56.8 cm³/mol. The molecule has 0 unspecified atom stereocenters. The summed E-state index contributed by atoms with van der Waals surface area (Å²) in [6.07, 6.45) is 5.22. The van der Waals surface area contributed by atoms with E-state index in [1.165, 1.54) is 31.2 Å². The van der Waals surface area contributed by atoms with Crippen molar-refractivity contribution in [2.45, 2.75) is 38.5 Å². The summed E-state index contributed by atoms with van der Waals surface area (Å²) in [7, 11) is 0. The van der Waals surface area contributed by atoms with E-state index in [4.69, 9.17) is 0 Å². The van der Waals surface area contributed by atoms with Crippen LogP contribution in [0.1, 0.15) is 44.1 Å². The maximum atomic E-state index is 12.7. The number of halogens is 1. The predicted octanol–water partition coefficient (Wildman–Crippen LogP) is 4.12. The Kier molecular flexibility index (Phi) is 2.85. The molecule has 0 heterocycles. The summed E-state index contributed by atoms with van der Waals surface area (Å²) in [5.41, 5.74) is 1.32. The molecule has 2 rings (SSSR count). The van der Waals surface area contributed by atoms with Gasteiger partial charge in [-0.05, 0) is 42.4 Å². The summed E-state index contributed by atoms with van der Waals surface area (Å²) < 4.78 is 12.7. The fourth-order valence-electron chi connectivity index (χ4n) is 2.47. The standard InChI is InChI=1S/C13H17F/c1-10-3-2-4-12(9-10)11-5-7-13(14)8-6-11/h5-8,10,12H,2-4,9H2,1H3/t10-,12+/m1/s1. The van der Waals surface area contributed by atoms with Gasteiger partial charge in [-0.3, -0.25) is 0 Å². The van der Waals surface area contributed by atoms with Crippen LogP contribution in [0.25, 0.3) is 0 Å². The van der Waals surface area contributed by atoms with Gasteiger partial charge in [0.15, 0.2) is 0 Å². The van der Waals surface area contributed by atoms with Crippen LogP contribution < -0.4 is 0 Å². The number of hydrogen-bond donors (Lipinski definition) is 0. The molecule has 14 heavy (non-hydrogen) atoms. The van der Waals surface area contributed by atoms with Crippen LogP contribution >= 0.6 is 0 Å². The number of hydrogen-bond acceptors (Lipinski definition) is 0. The highest BCUT2D eigenvalue weighted by Crippen LogP contribution is 2.35. The van der Waals surface area contributed by atoms with Crippen LogP contribution in [-0.4, -0.2) is 0 Å². The smallest absolute Gasteiger partial charge is 0.123 e. The van der Waals surface area contributed by atoms with Crippen molar-refractivity contribution < 1.29 is 4.39 Å². The molecule has 0 nitrogen and oxygen atoms in total. The van der Waals surface area contributed by atoms with Gasteiger partial charge in [-0.2, -0.15) is 0 Å². The first-order valence-corrected chi connectivity index (χ1v) is 5.51. The van der Waals surface area contributed by atoms with Crippen molar-refractivity contribution in [1.29, 1.82) is 0 Å². The summed E-state index contributed by atoms with van der Waals surface area (Å²) in [6, 6.07) is 7.04. The fourth-order valence-corrected chi connectivity index (χ4v) is 2.47. The second-order valence-electron chi connectivity index (χ2n) is 4.52. The highest BCUT2D eigenvalue weighted by atomic mass is 19.1. The van der Waals surface area contributed by atoms with E-state index in [-0.39, 0.29) is 5.82 Å². The third-order valence-electron chi connectivity index (χ3n) is 3.28. The topological polar surface area (TPSA) is 0 Å². The highest BCUT2D eigenvalue weighted by molar-refractivity contribution is 5.20. The average Bonchev–Trinajstić information content (AvgIpc) is 2.19. The SMILES string of the molecule is C[C@@H]1CCC[C@H](c2ccc(F)cc2)C1. The lowest BCUT2D eigenvalue weighted by Crippen LogP contribution is -2.11. The second-order valence-corrected chi connectivity index (χ2v) is 4.52. The van der Waals surface area contributed by atoms with Gasteiger partial charge in [0.2, 0.25) is 0 Å². The van der Waals surface area contributed by atoms with E-state index in [1.807, 2.05) is 12.1 Å². The van der Waals surface area contributed by atoms with Crippen molar-refractivity contribution in [2.24, 2.45) is 5.92 Å². The third-order valence-corrected chi connectivity index (χ3v) is 3.28. The van der Waals surface area contributed by atoms with Crippen molar-refractivity contribution in [3.8, 4) is 0 Å². The van der Waals surface area contributed by atoms with E-state index in [0.717, 1.165) is 5.92 Å². The minimum atomic E-state index is -0.127. The molecule has 0 spiro atoms. The minimum absolute atomic E-state index is 0.127. The second kappa shape index (κ2) is 4.12. The molecule has 0 amide bonds. The molecule has 0 aromatic heterocycles. The third kappa shape index (κ3) is 2.14. The minimum Gasteiger partial charge on any atom is -0.207 e. The summed E-state index contributed by atoms with van der Waals surface area (Å²) in [6.45, 7) is 2.32. The molecule has 1 fully saturated rings. The van der Waals surface area contributed by atoms with Crippen molar-refractivity contribution in [1.82, 2.24) is 0 Å². The number of rotatable bonds is 1. The normalized spacial score (nSPS) is 27.6.